The van der Waals surface area contributed by atoms with Crippen LogP contribution in [0.15, 0.2) is 72.8 Å². The number of ether oxygens (including phenoxy) is 2. The van der Waals surface area contributed by atoms with Crippen LogP contribution in [0.3, 0.4) is 0 Å². The maximum absolute atomic E-state index is 12.6. The van der Waals surface area contributed by atoms with Gasteiger partial charge >= 0.3 is 18.9 Å². The van der Waals surface area contributed by atoms with Crippen molar-refractivity contribution >= 4 is 31.0 Å². The van der Waals surface area contributed by atoms with Gasteiger partial charge in [0.15, 0.2) is 5.52 Å². The second kappa shape index (κ2) is 10.5. The third-order valence-corrected chi connectivity index (χ3v) is 5.46. The van der Waals surface area contributed by atoms with E-state index in [0.29, 0.717) is 28.7 Å². The van der Waals surface area contributed by atoms with Gasteiger partial charge in [-0.3, -0.25) is 4.79 Å². The Morgan fingerprint density at radius 1 is 1.04 bits per heavy atom. The van der Waals surface area contributed by atoms with Crippen molar-refractivity contribution < 1.29 is 34.6 Å². The monoisotopic (exact) mass is 392 g/mol. The molecule has 0 aliphatic rings. The third-order valence-electron chi connectivity index (χ3n) is 3.79. The summed E-state index contributed by atoms with van der Waals surface area (Å²) in [4.78, 5) is 12.6. The first-order valence-electron chi connectivity index (χ1n) is 8.08. The Kier molecular flexibility index (Phi) is 8.42. The Morgan fingerprint density at radius 2 is 1.74 bits per heavy atom. The minimum atomic E-state index is -0.0812. The second-order valence-electron chi connectivity index (χ2n) is 5.57. The molecule has 0 bridgehead atoms. The molecule has 27 heavy (non-hydrogen) atoms. The number of benzene rings is 3. The molecule has 3 aromatic rings. The molecule has 0 aromatic heterocycles. The van der Waals surface area contributed by atoms with E-state index < -0.39 is 0 Å². The standard InChI is InChI=1S/C21H18ClO3P.Li.H/c1-24-19-10-6-5-9-17(19)21(23)26-20-12-11-16(13-18(20)22)25-14-15-7-3-2-4-8-15;;/h2-13,26H,14H2,1H3;;/q;+1;-1. The van der Waals surface area contributed by atoms with Crippen molar-refractivity contribution in [2.24, 2.45) is 0 Å². The Hall–Kier alpha value is -1.75. The summed E-state index contributed by atoms with van der Waals surface area (Å²) in [6.45, 7) is 0.471. The maximum Gasteiger partial charge on any atom is 1.00 e. The fourth-order valence-corrected chi connectivity index (χ4v) is 3.71. The van der Waals surface area contributed by atoms with E-state index in [9.17, 15) is 4.79 Å². The molecule has 0 aliphatic heterocycles. The zero-order valence-electron chi connectivity index (χ0n) is 16.2. The van der Waals surface area contributed by atoms with Gasteiger partial charge in [0, 0.05) is 0 Å². The van der Waals surface area contributed by atoms with Gasteiger partial charge in [0.25, 0.3) is 0 Å². The van der Waals surface area contributed by atoms with Gasteiger partial charge < -0.3 is 10.9 Å². The minimum Gasteiger partial charge on any atom is -1.00 e. The fraction of sp³-hybridized carbons (Fsp3) is 0.0952. The van der Waals surface area contributed by atoms with Gasteiger partial charge in [0.2, 0.25) is 0 Å². The van der Waals surface area contributed by atoms with Gasteiger partial charge in [-0.15, -0.1) is 0 Å². The normalized spacial score (nSPS) is 10.4. The van der Waals surface area contributed by atoms with E-state index in [1.165, 1.54) is 0 Å². The number of hydrogen-bond acceptors (Lipinski definition) is 3. The fourth-order valence-electron chi connectivity index (χ4n) is 2.45. The van der Waals surface area contributed by atoms with Crippen LogP contribution in [0.2, 0.25) is 5.02 Å². The summed E-state index contributed by atoms with van der Waals surface area (Å²) in [7, 11) is 1.48. The van der Waals surface area contributed by atoms with Gasteiger partial charge in [-0.1, -0.05) is 54.1 Å². The van der Waals surface area contributed by atoms with Crippen LogP contribution >= 0.6 is 20.2 Å². The molecule has 3 nitrogen and oxygen atoms in total. The molecule has 0 saturated carbocycles. The van der Waals surface area contributed by atoms with Crippen molar-refractivity contribution in [2.75, 3.05) is 7.11 Å². The maximum atomic E-state index is 12.6. The van der Waals surface area contributed by atoms with E-state index in [-0.39, 0.29) is 34.4 Å². The summed E-state index contributed by atoms with van der Waals surface area (Å²) in [6, 6.07) is 22.6. The Labute approximate surface area is 179 Å². The van der Waals surface area contributed by atoms with E-state index in [2.05, 4.69) is 0 Å². The first-order chi connectivity index (χ1) is 12.7. The SMILES string of the molecule is COc1ccccc1C(=O)Pc1ccc(OCc2ccccc2)cc1Cl.[H-].[Li+]. The molecule has 0 spiro atoms. The van der Waals surface area contributed by atoms with Crippen molar-refractivity contribution in [1.82, 2.24) is 0 Å². The van der Waals surface area contributed by atoms with E-state index >= 15 is 0 Å². The molecule has 0 radical (unpaired) electrons. The topological polar surface area (TPSA) is 35.5 Å². The number of carbonyl (C=O) groups is 1. The zero-order chi connectivity index (χ0) is 18.4. The molecule has 0 amide bonds. The zero-order valence-corrected chi connectivity index (χ0v) is 17.0. The van der Waals surface area contributed by atoms with Crippen molar-refractivity contribution in [3.05, 3.63) is 88.9 Å². The predicted molar refractivity (Wildman–Crippen MR) is 109 cm³/mol. The molecule has 1 unspecified atom stereocenters. The van der Waals surface area contributed by atoms with Gasteiger partial charge in [-0.25, -0.2) is 0 Å². The van der Waals surface area contributed by atoms with Crippen LogP contribution in [0.25, 0.3) is 0 Å². The summed E-state index contributed by atoms with van der Waals surface area (Å²) in [5, 5.41) is 1.31. The van der Waals surface area contributed by atoms with Crippen molar-refractivity contribution in [1.29, 1.82) is 0 Å². The molecular weight excluding hydrogens is 374 g/mol. The van der Waals surface area contributed by atoms with Crippen LogP contribution in [0.5, 0.6) is 11.5 Å². The Bertz CT molecular complexity index is 909. The van der Waals surface area contributed by atoms with Crippen molar-refractivity contribution in [3.63, 3.8) is 0 Å². The molecule has 6 heteroatoms. The van der Waals surface area contributed by atoms with Crippen LogP contribution in [0.1, 0.15) is 17.3 Å². The first kappa shape index (κ1) is 21.5. The number of carbonyl (C=O) groups excluding carboxylic acids is 1. The number of halogens is 1. The molecule has 0 saturated heterocycles. The quantitative estimate of drug-likeness (QED) is 0.457. The smallest absolute Gasteiger partial charge is 1.00 e. The van der Waals surface area contributed by atoms with E-state index in [0.717, 1.165) is 10.9 Å². The molecular formula is C21H19ClLiO3P. The van der Waals surface area contributed by atoms with Crippen LogP contribution in [-0.2, 0) is 6.61 Å². The van der Waals surface area contributed by atoms with Gasteiger partial charge in [-0.05, 0) is 49.8 Å². The second-order valence-corrected chi connectivity index (χ2v) is 7.22. The molecule has 0 heterocycles. The molecule has 3 rings (SSSR count). The van der Waals surface area contributed by atoms with E-state index in [4.69, 9.17) is 21.1 Å². The van der Waals surface area contributed by atoms with Gasteiger partial charge in [0.1, 0.15) is 18.1 Å². The van der Waals surface area contributed by atoms with Crippen molar-refractivity contribution in [3.8, 4) is 11.5 Å². The van der Waals surface area contributed by atoms with Crippen molar-refractivity contribution in [2.45, 2.75) is 6.61 Å². The van der Waals surface area contributed by atoms with Crippen LogP contribution < -0.4 is 33.6 Å². The molecule has 0 N–H and O–H groups in total. The summed E-state index contributed by atoms with van der Waals surface area (Å²) < 4.78 is 11.0. The van der Waals surface area contributed by atoms with Crippen LogP contribution in [0.4, 0.5) is 0 Å². The number of methoxy groups -OCH3 is 1. The Balaban J connectivity index is 0.00000196. The molecule has 3 aromatic carbocycles. The number of hydrogen-bond donors (Lipinski definition) is 0. The first-order valence-corrected chi connectivity index (χ1v) is 9.46. The average Bonchev–Trinajstić information content (AvgIpc) is 2.69. The van der Waals surface area contributed by atoms with E-state index in [1.807, 2.05) is 54.6 Å². The van der Waals surface area contributed by atoms with Gasteiger partial charge in [0.05, 0.1) is 17.7 Å². The number of rotatable bonds is 7. The van der Waals surface area contributed by atoms with Gasteiger partial charge in [-0.2, -0.15) is 0 Å². The largest absolute Gasteiger partial charge is 1.00 e. The molecule has 1 atom stereocenters. The molecule has 134 valence electrons. The van der Waals surface area contributed by atoms with Crippen LogP contribution in [-0.4, -0.2) is 12.6 Å². The summed E-state index contributed by atoms with van der Waals surface area (Å²) in [6.07, 6.45) is 0. The predicted octanol–water partition coefficient (Wildman–Crippen LogP) is 2.19. The summed E-state index contributed by atoms with van der Waals surface area (Å²) in [5.41, 5.74) is 1.64. The molecule has 0 aliphatic carbocycles. The summed E-state index contributed by atoms with van der Waals surface area (Å²) >= 11 is 6.36. The number of para-hydroxylation sites is 1. The summed E-state index contributed by atoms with van der Waals surface area (Å²) in [5.74, 6) is 1.25. The third kappa shape index (κ3) is 5.86. The van der Waals surface area contributed by atoms with Crippen LogP contribution in [0, 0.1) is 0 Å². The van der Waals surface area contributed by atoms with E-state index in [1.54, 1.807) is 25.3 Å². The Morgan fingerprint density at radius 3 is 2.44 bits per heavy atom. The average molecular weight is 393 g/mol. The molecule has 0 fully saturated rings. The minimum absolute atomic E-state index is 0.